The lowest BCUT2D eigenvalue weighted by Gasteiger charge is -2.08. The molecule has 0 saturated heterocycles. The van der Waals surface area contributed by atoms with Gasteiger partial charge in [-0.15, -0.1) is 11.8 Å². The van der Waals surface area contributed by atoms with Crippen molar-refractivity contribution in [3.63, 3.8) is 0 Å². The van der Waals surface area contributed by atoms with Crippen LogP contribution >= 0.6 is 11.8 Å². The number of nitrogens with zero attached hydrogens (tertiary/aromatic N) is 2. The van der Waals surface area contributed by atoms with Gasteiger partial charge in [-0.25, -0.2) is 9.82 Å². The summed E-state index contributed by atoms with van der Waals surface area (Å²) in [5.74, 6) is 0.222. The van der Waals surface area contributed by atoms with Gasteiger partial charge in [0.25, 0.3) is 0 Å². The van der Waals surface area contributed by atoms with Crippen molar-refractivity contribution in [3.05, 3.63) is 53.8 Å². The maximum Gasteiger partial charge on any atom is 0.250 e. The minimum absolute atomic E-state index is 0.0442. The van der Waals surface area contributed by atoms with Crippen LogP contribution in [0.3, 0.4) is 0 Å². The number of carbonyl (C=O) groups excluding carboxylic acids is 1. The van der Waals surface area contributed by atoms with E-state index in [1.807, 2.05) is 6.07 Å². The van der Waals surface area contributed by atoms with E-state index in [1.54, 1.807) is 36.4 Å². The summed E-state index contributed by atoms with van der Waals surface area (Å²) in [4.78, 5) is 12.2. The smallest absolute Gasteiger partial charge is 0.250 e. The molecular weight excluding hydrogens is 357 g/mol. The second kappa shape index (κ2) is 10.1. The molecule has 1 amide bonds. The average Bonchev–Trinajstić information content (AvgIpc) is 2.66. The van der Waals surface area contributed by atoms with Gasteiger partial charge >= 0.3 is 0 Å². The molecule has 0 aromatic heterocycles. The van der Waals surface area contributed by atoms with Gasteiger partial charge in [0.15, 0.2) is 18.1 Å². The molecule has 8 heteroatoms. The van der Waals surface area contributed by atoms with E-state index in [1.165, 1.54) is 19.4 Å². The van der Waals surface area contributed by atoms with Gasteiger partial charge in [0.1, 0.15) is 11.9 Å². The molecular formula is C18H16FN3O3S. The van der Waals surface area contributed by atoms with E-state index in [-0.39, 0.29) is 24.1 Å². The van der Waals surface area contributed by atoms with Gasteiger partial charge in [0.2, 0.25) is 5.91 Å². The number of amides is 1. The maximum atomic E-state index is 13.5. The fraction of sp³-hybridized carbons (Fsp3) is 0.167. The maximum absolute atomic E-state index is 13.5. The van der Waals surface area contributed by atoms with Crippen molar-refractivity contribution in [1.82, 2.24) is 5.43 Å². The number of methoxy groups -OCH3 is 1. The van der Waals surface area contributed by atoms with E-state index in [0.717, 1.165) is 11.8 Å². The van der Waals surface area contributed by atoms with Crippen LogP contribution in [0, 0.1) is 17.1 Å². The Bertz CT molecular complexity index is 837. The summed E-state index contributed by atoms with van der Waals surface area (Å²) in [6.07, 6.45) is 1.45. The molecule has 26 heavy (non-hydrogen) atoms. The lowest BCUT2D eigenvalue weighted by molar-refractivity contribution is -0.118. The fourth-order valence-corrected chi connectivity index (χ4v) is 2.64. The van der Waals surface area contributed by atoms with E-state index < -0.39 is 0 Å². The predicted octanol–water partition coefficient (Wildman–Crippen LogP) is 2.98. The molecule has 0 saturated carbocycles. The van der Waals surface area contributed by atoms with E-state index in [4.69, 9.17) is 14.7 Å². The summed E-state index contributed by atoms with van der Waals surface area (Å²) < 4.78 is 23.9. The first-order valence-corrected chi connectivity index (χ1v) is 8.49. The van der Waals surface area contributed by atoms with Gasteiger partial charge in [0, 0.05) is 4.90 Å². The largest absolute Gasteiger partial charge is 0.493 e. The summed E-state index contributed by atoms with van der Waals surface area (Å²) in [7, 11) is 1.48. The first-order chi connectivity index (χ1) is 12.6. The first kappa shape index (κ1) is 19.3. The Balaban J connectivity index is 1.88. The second-order valence-electron chi connectivity index (χ2n) is 4.87. The van der Waals surface area contributed by atoms with Crippen molar-refractivity contribution in [1.29, 1.82) is 5.26 Å². The van der Waals surface area contributed by atoms with Gasteiger partial charge in [0.05, 0.1) is 19.1 Å². The Hall–Kier alpha value is -3.05. The number of carbonyl (C=O) groups is 1. The minimum Gasteiger partial charge on any atom is -0.493 e. The third kappa shape index (κ3) is 5.79. The average molecular weight is 373 g/mol. The van der Waals surface area contributed by atoms with Gasteiger partial charge in [-0.05, 0) is 35.9 Å². The number of benzene rings is 2. The Kier molecular flexibility index (Phi) is 7.46. The molecule has 0 fully saturated rings. The molecule has 0 aliphatic rings. The monoisotopic (exact) mass is 373 g/mol. The number of halogens is 1. The van der Waals surface area contributed by atoms with Crippen LogP contribution in [-0.2, 0) is 4.79 Å². The van der Waals surface area contributed by atoms with Gasteiger partial charge in [-0.2, -0.15) is 10.4 Å². The third-order valence-electron chi connectivity index (χ3n) is 3.08. The van der Waals surface area contributed by atoms with Crippen LogP contribution in [-0.4, -0.2) is 31.6 Å². The quantitative estimate of drug-likeness (QED) is 0.437. The number of rotatable bonds is 8. The van der Waals surface area contributed by atoms with Crippen LogP contribution in [0.4, 0.5) is 4.39 Å². The summed E-state index contributed by atoms with van der Waals surface area (Å²) in [5, 5.41) is 12.4. The zero-order valence-corrected chi connectivity index (χ0v) is 14.8. The fourth-order valence-electron chi connectivity index (χ4n) is 1.91. The number of hydrogen-bond acceptors (Lipinski definition) is 6. The lowest BCUT2D eigenvalue weighted by atomic mass is 10.2. The molecule has 0 atom stereocenters. The Morgan fingerprint density at radius 3 is 2.88 bits per heavy atom. The summed E-state index contributed by atoms with van der Waals surface area (Å²) in [6, 6.07) is 13.1. The lowest BCUT2D eigenvalue weighted by Crippen LogP contribution is -2.19. The molecule has 0 unspecified atom stereocenters. The molecule has 2 aromatic carbocycles. The van der Waals surface area contributed by atoms with Crippen molar-refractivity contribution in [3.8, 4) is 17.6 Å². The van der Waals surface area contributed by atoms with Crippen molar-refractivity contribution < 1.29 is 18.7 Å². The summed E-state index contributed by atoms with van der Waals surface area (Å²) in [6.45, 7) is -0.0838. The number of nitrogens with one attached hydrogen (secondary N) is 1. The zero-order valence-electron chi connectivity index (χ0n) is 13.9. The molecule has 0 radical (unpaired) electrons. The Labute approximate surface area is 154 Å². The third-order valence-corrected chi connectivity index (χ3v) is 4.13. The van der Waals surface area contributed by atoms with Crippen LogP contribution in [0.2, 0.25) is 0 Å². The molecule has 0 spiro atoms. The van der Waals surface area contributed by atoms with E-state index >= 15 is 0 Å². The summed E-state index contributed by atoms with van der Waals surface area (Å²) >= 11 is 1.09. The number of hydrazone groups is 1. The molecule has 2 rings (SSSR count). The van der Waals surface area contributed by atoms with Crippen molar-refractivity contribution in [2.75, 3.05) is 19.5 Å². The Morgan fingerprint density at radius 1 is 1.35 bits per heavy atom. The normalized spacial score (nSPS) is 10.3. The van der Waals surface area contributed by atoms with Crippen molar-refractivity contribution in [2.24, 2.45) is 5.10 Å². The number of hydrogen-bond donors (Lipinski definition) is 1. The number of nitriles is 1. The van der Waals surface area contributed by atoms with E-state index in [2.05, 4.69) is 10.5 Å². The molecule has 6 nitrogen and oxygen atoms in total. The highest BCUT2D eigenvalue weighted by Gasteiger charge is 2.06. The highest BCUT2D eigenvalue weighted by atomic mass is 32.2. The summed E-state index contributed by atoms with van der Waals surface area (Å²) in [5.41, 5.74) is 3.05. The number of ether oxygens (including phenoxy) is 2. The predicted molar refractivity (Wildman–Crippen MR) is 97.0 cm³/mol. The molecule has 1 N–H and O–H groups in total. The highest BCUT2D eigenvalue weighted by molar-refractivity contribution is 8.00. The minimum atomic E-state index is -0.361. The molecule has 0 aliphatic heterocycles. The van der Waals surface area contributed by atoms with Gasteiger partial charge in [-0.3, -0.25) is 4.79 Å². The first-order valence-electron chi connectivity index (χ1n) is 7.51. The van der Waals surface area contributed by atoms with Crippen LogP contribution < -0.4 is 14.9 Å². The molecule has 134 valence electrons. The van der Waals surface area contributed by atoms with E-state index in [9.17, 15) is 9.18 Å². The highest BCUT2D eigenvalue weighted by Crippen LogP contribution is 2.27. The molecule has 0 heterocycles. The van der Waals surface area contributed by atoms with Crippen LogP contribution in [0.25, 0.3) is 0 Å². The van der Waals surface area contributed by atoms with E-state index in [0.29, 0.717) is 22.0 Å². The van der Waals surface area contributed by atoms with Crippen LogP contribution in [0.15, 0.2) is 52.5 Å². The zero-order chi connectivity index (χ0) is 18.8. The van der Waals surface area contributed by atoms with Gasteiger partial charge in [-0.1, -0.05) is 12.1 Å². The van der Waals surface area contributed by atoms with Crippen molar-refractivity contribution >= 4 is 23.9 Å². The topological polar surface area (TPSA) is 83.7 Å². The number of thioether (sulfide) groups is 1. The van der Waals surface area contributed by atoms with Crippen LogP contribution in [0.5, 0.6) is 11.5 Å². The SMILES string of the molecule is COc1cc(/C=N\NC(=O)CSc2ccccc2F)ccc1OCC#N. The van der Waals surface area contributed by atoms with Crippen LogP contribution in [0.1, 0.15) is 5.56 Å². The standard InChI is InChI=1S/C18H16FN3O3S/c1-24-16-10-13(6-7-15(16)25-9-8-20)11-21-22-18(23)12-26-17-5-3-2-4-14(17)19/h2-7,10-11H,9,12H2,1H3,(H,22,23)/b21-11-. The Morgan fingerprint density at radius 2 is 2.15 bits per heavy atom. The second-order valence-corrected chi connectivity index (χ2v) is 5.89. The van der Waals surface area contributed by atoms with Crippen molar-refractivity contribution in [2.45, 2.75) is 4.90 Å². The molecule has 2 aromatic rings. The van der Waals surface area contributed by atoms with Gasteiger partial charge < -0.3 is 9.47 Å². The molecule has 0 aliphatic carbocycles. The molecule has 0 bridgehead atoms.